The predicted molar refractivity (Wildman–Crippen MR) is 308 cm³/mol. The van der Waals surface area contributed by atoms with E-state index in [1.54, 1.807) is 54.4 Å². The van der Waals surface area contributed by atoms with Gasteiger partial charge >= 0.3 is 5.97 Å². The summed E-state index contributed by atoms with van der Waals surface area (Å²) in [6.45, 7) is 2.05. The Balaban J connectivity index is 0.974. The normalized spacial score (nSPS) is 15.4. The van der Waals surface area contributed by atoms with E-state index in [4.69, 9.17) is 24.5 Å². The molecule has 17 heteroatoms. The van der Waals surface area contributed by atoms with Gasteiger partial charge in [0.1, 0.15) is 46.5 Å². The van der Waals surface area contributed by atoms with E-state index >= 15 is 4.79 Å². The molecule has 0 bridgehead atoms. The van der Waals surface area contributed by atoms with Gasteiger partial charge in [-0.15, -0.1) is 28.2 Å². The Morgan fingerprint density at radius 1 is 0.725 bits per heavy atom. The Labute approximate surface area is 470 Å². The van der Waals surface area contributed by atoms with Crippen LogP contribution in [0.15, 0.2) is 240 Å². The molecule has 2 aliphatic rings. The third-order valence-electron chi connectivity index (χ3n) is 14.0. The maximum absolute atomic E-state index is 15.4. The minimum absolute atomic E-state index is 0.0585. The molecule has 2 aliphatic heterocycles. The summed E-state index contributed by atoms with van der Waals surface area (Å²) in [7, 11) is 1.58. The number of oxime groups is 1. The largest absolute Gasteiger partial charge is 0.497 e. The van der Waals surface area contributed by atoms with Crippen molar-refractivity contribution in [2.75, 3.05) is 18.2 Å². The summed E-state index contributed by atoms with van der Waals surface area (Å²) in [5.74, 6) is -0.354. The highest BCUT2D eigenvalue weighted by Crippen LogP contribution is 2.44. The van der Waals surface area contributed by atoms with Crippen molar-refractivity contribution in [1.29, 1.82) is 0 Å². The van der Waals surface area contributed by atoms with E-state index in [0.717, 1.165) is 38.9 Å². The lowest BCUT2D eigenvalue weighted by Gasteiger charge is -2.49. The summed E-state index contributed by atoms with van der Waals surface area (Å²) in [5.41, 5.74) is 4.16. The fourth-order valence-electron chi connectivity index (χ4n) is 10.00. The number of nitrogens with zero attached hydrogens (tertiary/aromatic N) is 7. The molecule has 0 saturated carbocycles. The average Bonchev–Trinajstić information content (AvgIpc) is 4.24. The van der Waals surface area contributed by atoms with Crippen molar-refractivity contribution in [1.82, 2.24) is 35.4 Å². The molecule has 0 radical (unpaired) electrons. The zero-order chi connectivity index (χ0) is 54.9. The van der Waals surface area contributed by atoms with Crippen LogP contribution in [0.5, 0.6) is 5.75 Å². The van der Waals surface area contributed by atoms with Gasteiger partial charge in [-0.25, -0.2) is 14.5 Å². The summed E-state index contributed by atoms with van der Waals surface area (Å²) < 4.78 is 12.8. The molecule has 1 saturated heterocycles. The standard InChI is InChI=1S/C63H53N9O6S2/c1-43-67-69-70-71(43)39-21-22-45-41-79-59-55(58(74)72(59)56(45)60(75)77-40-44-35-37-52(76-2)38-36-44)65-57(73)54(68-78-63(49-29-15-6-16-30-49,50-31-17-7-18-32-50)51-33-19-8-20-34-51)53-42-80-61(64-53)66-62(46-23-9-3-10-24-46,47-25-11-4-12-26-47)48-27-13-5-14-28-48/h3-38,42,55,59H,39-41H2,1-2H3,(H,64,66)(H,65,73)/b22-21+,68-54?/t55?,59-/m1/s1. The van der Waals surface area contributed by atoms with Crippen LogP contribution in [0.3, 0.4) is 0 Å². The summed E-state index contributed by atoms with van der Waals surface area (Å²) in [6.07, 6.45) is 3.60. The first-order chi connectivity index (χ1) is 39.3. The van der Waals surface area contributed by atoms with Crippen LogP contribution < -0.4 is 15.4 Å². The van der Waals surface area contributed by atoms with E-state index in [9.17, 15) is 9.59 Å². The molecule has 9 aromatic rings. The van der Waals surface area contributed by atoms with E-state index in [1.807, 2.05) is 152 Å². The molecule has 2 N–H and O–H groups in total. The smallest absolute Gasteiger partial charge is 0.355 e. The number of tetrazole rings is 1. The molecule has 1 unspecified atom stereocenters. The highest BCUT2D eigenvalue weighted by molar-refractivity contribution is 8.00. The van der Waals surface area contributed by atoms with Crippen LogP contribution >= 0.6 is 23.1 Å². The molecule has 2 atom stereocenters. The number of fused-ring (bicyclic) bond motifs is 1. The van der Waals surface area contributed by atoms with Crippen molar-refractivity contribution >= 4 is 51.7 Å². The van der Waals surface area contributed by atoms with Crippen LogP contribution in [0.25, 0.3) is 0 Å². The number of benzene rings is 7. The Kier molecular flexibility index (Phi) is 15.6. The van der Waals surface area contributed by atoms with E-state index in [0.29, 0.717) is 34.6 Å². The molecule has 398 valence electrons. The molecule has 15 nitrogen and oxygen atoms in total. The number of hydrogen-bond acceptors (Lipinski definition) is 14. The van der Waals surface area contributed by atoms with Crippen LogP contribution in [-0.2, 0) is 48.2 Å². The van der Waals surface area contributed by atoms with Gasteiger partial charge in [0.15, 0.2) is 10.8 Å². The van der Waals surface area contributed by atoms with Gasteiger partial charge < -0.3 is 24.9 Å². The van der Waals surface area contributed by atoms with Gasteiger partial charge in [0.2, 0.25) is 5.60 Å². The Hall–Kier alpha value is -9.45. The molecule has 2 aromatic heterocycles. The van der Waals surface area contributed by atoms with Crippen LogP contribution in [-0.4, -0.2) is 77.9 Å². The van der Waals surface area contributed by atoms with Gasteiger partial charge in [0.05, 0.1) is 13.7 Å². The maximum atomic E-state index is 15.4. The second-order valence-corrected chi connectivity index (χ2v) is 20.8. The fourth-order valence-corrected chi connectivity index (χ4v) is 12.1. The topological polar surface area (TPSA) is 175 Å². The van der Waals surface area contributed by atoms with Crippen molar-refractivity contribution in [2.45, 2.75) is 42.6 Å². The maximum Gasteiger partial charge on any atom is 0.355 e. The lowest BCUT2D eigenvalue weighted by atomic mass is 9.77. The molecule has 80 heavy (non-hydrogen) atoms. The van der Waals surface area contributed by atoms with Gasteiger partial charge in [-0.05, 0) is 57.3 Å². The quantitative estimate of drug-likeness (QED) is 0.0243. The van der Waals surface area contributed by atoms with Crippen molar-refractivity contribution in [3.8, 4) is 5.75 Å². The van der Waals surface area contributed by atoms with Gasteiger partial charge in [0.25, 0.3) is 11.8 Å². The number of carbonyl (C=O) groups is 3. The number of aromatic nitrogens is 5. The first kappa shape index (κ1) is 52.6. The monoisotopic (exact) mass is 1100 g/mol. The lowest BCUT2D eigenvalue weighted by Crippen LogP contribution is -2.71. The molecule has 7 aromatic carbocycles. The third kappa shape index (κ3) is 10.5. The minimum atomic E-state index is -1.38. The highest BCUT2D eigenvalue weighted by Gasteiger charge is 2.55. The number of amides is 2. The summed E-state index contributed by atoms with van der Waals surface area (Å²) in [5, 5.41) is 25.0. The third-order valence-corrected chi connectivity index (χ3v) is 16.1. The van der Waals surface area contributed by atoms with Crippen molar-refractivity contribution in [3.05, 3.63) is 286 Å². The zero-order valence-corrected chi connectivity index (χ0v) is 45.2. The molecule has 1 fully saturated rings. The molecule has 4 heterocycles. The summed E-state index contributed by atoms with van der Waals surface area (Å²) in [6, 6.07) is 65.6. The van der Waals surface area contributed by atoms with E-state index in [-0.39, 0.29) is 23.7 Å². The molecule has 2 amide bonds. The first-order valence-electron chi connectivity index (χ1n) is 25.8. The first-order valence-corrected chi connectivity index (χ1v) is 27.7. The van der Waals surface area contributed by atoms with Gasteiger partial charge in [-0.2, -0.15) is 0 Å². The number of hydrogen-bond donors (Lipinski definition) is 2. The van der Waals surface area contributed by atoms with Gasteiger partial charge in [-0.3, -0.25) is 14.5 Å². The Morgan fingerprint density at radius 3 is 1.75 bits per heavy atom. The number of thiazole rings is 1. The zero-order valence-electron chi connectivity index (χ0n) is 43.5. The number of carbonyl (C=O) groups excluding carboxylic acids is 3. The predicted octanol–water partition coefficient (Wildman–Crippen LogP) is 10.2. The number of nitrogens with one attached hydrogen (secondary N) is 2. The molecular weight excluding hydrogens is 1040 g/mol. The van der Waals surface area contributed by atoms with E-state index in [2.05, 4.69) is 62.6 Å². The second-order valence-electron chi connectivity index (χ2n) is 18.8. The van der Waals surface area contributed by atoms with Gasteiger partial charge in [0, 0.05) is 27.8 Å². The minimum Gasteiger partial charge on any atom is -0.497 e. The average molecular weight is 1100 g/mol. The number of ether oxygens (including phenoxy) is 2. The van der Waals surface area contributed by atoms with E-state index in [1.165, 1.54) is 28.0 Å². The molecular formula is C63H53N9O6S2. The SMILES string of the molecule is COc1ccc(COC(=O)C2=C(/C=C/Cn3nnnc3C)CS[C@@H]3C(NC(=O)C(=NOC(c4ccccc4)(c4ccccc4)c4ccccc4)c4csc(NC(c5ccccc5)(c5ccccc5)c5ccccc5)n4)C(=O)N23)cc1. The number of methoxy groups -OCH3 is 1. The number of allylic oxidation sites excluding steroid dienone is 2. The molecule has 0 spiro atoms. The Morgan fingerprint density at radius 2 is 1.25 bits per heavy atom. The number of β-lactam (4-membered cyclic amide) rings is 1. The summed E-state index contributed by atoms with van der Waals surface area (Å²) >= 11 is 2.70. The second kappa shape index (κ2) is 23.7. The van der Waals surface area contributed by atoms with Crippen molar-refractivity contribution in [2.24, 2.45) is 5.16 Å². The van der Waals surface area contributed by atoms with Crippen molar-refractivity contribution < 1.29 is 28.7 Å². The van der Waals surface area contributed by atoms with Crippen LogP contribution in [0.2, 0.25) is 0 Å². The number of aryl methyl sites for hydroxylation is 1. The van der Waals surface area contributed by atoms with Crippen LogP contribution in [0.4, 0.5) is 5.13 Å². The summed E-state index contributed by atoms with van der Waals surface area (Å²) in [4.78, 5) is 58.0. The lowest BCUT2D eigenvalue weighted by molar-refractivity contribution is -0.153. The number of esters is 1. The van der Waals surface area contributed by atoms with Gasteiger partial charge in [-0.1, -0.05) is 211 Å². The number of rotatable bonds is 20. The van der Waals surface area contributed by atoms with Crippen LogP contribution in [0, 0.1) is 6.92 Å². The van der Waals surface area contributed by atoms with Crippen LogP contribution in [0.1, 0.15) is 50.5 Å². The fraction of sp³-hybridized carbons (Fsp3) is 0.143. The van der Waals surface area contributed by atoms with Crippen molar-refractivity contribution in [3.63, 3.8) is 0 Å². The number of thioether (sulfide) groups is 1. The molecule has 0 aliphatic carbocycles. The Bertz CT molecular complexity index is 3500. The van der Waals surface area contributed by atoms with E-state index < -0.39 is 40.3 Å². The number of anilines is 1. The highest BCUT2D eigenvalue weighted by atomic mass is 32.2. The molecule has 11 rings (SSSR count).